The van der Waals surface area contributed by atoms with E-state index in [2.05, 4.69) is 10.6 Å². The van der Waals surface area contributed by atoms with Crippen molar-refractivity contribution in [1.82, 2.24) is 5.32 Å². The fourth-order valence-electron chi connectivity index (χ4n) is 5.08. The Morgan fingerprint density at radius 3 is 2.09 bits per heavy atom. The molecule has 0 radical (unpaired) electrons. The minimum atomic E-state index is -0.865. The Balaban J connectivity index is 1.56. The van der Waals surface area contributed by atoms with E-state index in [-0.39, 0.29) is 17.3 Å². The average Bonchev–Trinajstić information content (AvgIpc) is 2.86. The zero-order valence-corrected chi connectivity index (χ0v) is 19.1. The van der Waals surface area contributed by atoms with Crippen molar-refractivity contribution >= 4 is 17.4 Å². The Bertz CT molecular complexity index is 1340. The van der Waals surface area contributed by atoms with E-state index in [0.29, 0.717) is 24.1 Å². The van der Waals surface area contributed by atoms with Gasteiger partial charge in [-0.3, -0.25) is 9.59 Å². The smallest absolute Gasteiger partial charge is 0.254 e. The first-order valence-electron chi connectivity index (χ1n) is 11.5. The molecule has 0 unspecified atom stereocenters. The molecule has 0 saturated heterocycles. The molecule has 2 aliphatic rings. The molecule has 5 rings (SSSR count). The molecule has 1 aliphatic carbocycles. The molecule has 3 aromatic carbocycles. The Labute approximate surface area is 202 Å². The summed E-state index contributed by atoms with van der Waals surface area (Å²) in [5.74, 6) is -3.05. The highest BCUT2D eigenvalue weighted by molar-refractivity contribution is 6.10. The van der Waals surface area contributed by atoms with E-state index in [1.807, 2.05) is 60.7 Å². The fraction of sp³-hybridized carbons (Fsp3) is 0.172. The molecule has 2 atom stereocenters. The van der Waals surface area contributed by atoms with Crippen molar-refractivity contribution in [1.29, 1.82) is 0 Å². The predicted octanol–water partition coefficient (Wildman–Crippen LogP) is 5.97. The van der Waals surface area contributed by atoms with E-state index in [4.69, 9.17) is 0 Å². The summed E-state index contributed by atoms with van der Waals surface area (Å²) in [6, 6.07) is 22.6. The number of allylic oxidation sites excluding steroid dienone is 3. The number of ketones is 1. The second-order valence-electron chi connectivity index (χ2n) is 8.89. The number of rotatable bonds is 4. The molecular weight excluding hydrogens is 446 g/mol. The van der Waals surface area contributed by atoms with E-state index >= 15 is 0 Å². The van der Waals surface area contributed by atoms with Gasteiger partial charge in [0.2, 0.25) is 0 Å². The monoisotopic (exact) mass is 470 g/mol. The van der Waals surface area contributed by atoms with Crippen molar-refractivity contribution in [3.63, 3.8) is 0 Å². The second kappa shape index (κ2) is 9.29. The van der Waals surface area contributed by atoms with Gasteiger partial charge in [-0.25, -0.2) is 8.78 Å². The molecule has 6 heteroatoms. The number of hydrogen-bond acceptors (Lipinski definition) is 3. The van der Waals surface area contributed by atoms with Gasteiger partial charge >= 0.3 is 0 Å². The summed E-state index contributed by atoms with van der Waals surface area (Å²) in [6.45, 7) is 1.75. The number of amides is 1. The third-order valence-electron chi connectivity index (χ3n) is 6.68. The third kappa shape index (κ3) is 4.28. The number of nitrogens with one attached hydrogen (secondary N) is 2. The lowest BCUT2D eigenvalue weighted by atomic mass is 9.71. The molecule has 0 aromatic heterocycles. The van der Waals surface area contributed by atoms with Crippen LogP contribution in [0.25, 0.3) is 0 Å². The van der Waals surface area contributed by atoms with Gasteiger partial charge in [-0.2, -0.15) is 0 Å². The zero-order valence-electron chi connectivity index (χ0n) is 19.1. The Kier molecular flexibility index (Phi) is 6.03. The van der Waals surface area contributed by atoms with Gasteiger partial charge in [-0.15, -0.1) is 0 Å². The molecule has 0 fully saturated rings. The molecular formula is C29H24F2N2O2. The molecule has 0 spiro atoms. The van der Waals surface area contributed by atoms with E-state index in [9.17, 15) is 18.4 Å². The van der Waals surface area contributed by atoms with E-state index < -0.39 is 29.1 Å². The van der Waals surface area contributed by atoms with Crippen LogP contribution in [-0.2, 0) is 9.59 Å². The van der Waals surface area contributed by atoms with Crippen LogP contribution in [0.2, 0.25) is 0 Å². The van der Waals surface area contributed by atoms with Crippen LogP contribution in [-0.4, -0.2) is 11.7 Å². The zero-order chi connectivity index (χ0) is 24.5. The lowest BCUT2D eigenvalue weighted by Crippen LogP contribution is -2.37. The molecule has 4 nitrogen and oxygen atoms in total. The summed E-state index contributed by atoms with van der Waals surface area (Å²) in [6.07, 6.45) is 0.951. The van der Waals surface area contributed by atoms with Crippen molar-refractivity contribution < 1.29 is 18.4 Å². The van der Waals surface area contributed by atoms with Crippen molar-refractivity contribution in [3.8, 4) is 0 Å². The van der Waals surface area contributed by atoms with E-state index in [0.717, 1.165) is 29.0 Å². The third-order valence-corrected chi connectivity index (χ3v) is 6.68. The molecule has 1 heterocycles. The lowest BCUT2D eigenvalue weighted by Gasteiger charge is -2.37. The first kappa shape index (κ1) is 22.7. The number of dihydropyridines is 1. The summed E-state index contributed by atoms with van der Waals surface area (Å²) in [5.41, 5.74) is 3.49. The van der Waals surface area contributed by atoms with Crippen LogP contribution in [0.3, 0.4) is 0 Å². The number of carbonyl (C=O) groups is 2. The van der Waals surface area contributed by atoms with Crippen LogP contribution in [0.15, 0.2) is 101 Å². The van der Waals surface area contributed by atoms with Crippen LogP contribution < -0.4 is 10.6 Å². The maximum atomic E-state index is 14.3. The molecule has 0 saturated carbocycles. The standard InChI is InChI=1S/C29H24F2N2O2/c1-17-25(29(35)33-28-21(30)13-8-14-22(28)31)26(19-11-6-3-7-12-19)27-23(32-17)15-20(16-24(27)34)18-9-4-2-5-10-18/h2-14,20,26,32H,15-16H2,1H3,(H,33,35)/t20-,26-/m1/s1. The van der Waals surface area contributed by atoms with Crippen molar-refractivity contribution in [2.75, 3.05) is 5.32 Å². The normalized spacial score (nSPS) is 19.8. The summed E-state index contributed by atoms with van der Waals surface area (Å²) in [5, 5.41) is 5.69. The number of anilines is 1. The molecule has 1 aliphatic heterocycles. The first-order chi connectivity index (χ1) is 16.9. The molecule has 3 aromatic rings. The van der Waals surface area contributed by atoms with Gasteiger partial charge in [0.15, 0.2) is 5.78 Å². The summed E-state index contributed by atoms with van der Waals surface area (Å²) >= 11 is 0. The summed E-state index contributed by atoms with van der Waals surface area (Å²) in [4.78, 5) is 27.0. The van der Waals surface area contributed by atoms with Gasteiger partial charge in [0.25, 0.3) is 5.91 Å². The van der Waals surface area contributed by atoms with Crippen molar-refractivity contribution in [2.24, 2.45) is 0 Å². The quantitative estimate of drug-likeness (QED) is 0.494. The fourth-order valence-corrected chi connectivity index (χ4v) is 5.08. The largest absolute Gasteiger partial charge is 0.362 e. The maximum absolute atomic E-state index is 14.3. The van der Waals surface area contributed by atoms with E-state index in [1.54, 1.807) is 6.92 Å². The highest BCUT2D eigenvalue weighted by Crippen LogP contribution is 2.45. The molecule has 2 N–H and O–H groups in total. The maximum Gasteiger partial charge on any atom is 0.254 e. The van der Waals surface area contributed by atoms with Crippen LogP contribution in [0.1, 0.15) is 42.7 Å². The Morgan fingerprint density at radius 2 is 1.46 bits per heavy atom. The van der Waals surface area contributed by atoms with Crippen LogP contribution >= 0.6 is 0 Å². The van der Waals surface area contributed by atoms with Crippen molar-refractivity contribution in [2.45, 2.75) is 31.6 Å². The number of carbonyl (C=O) groups excluding carboxylic acids is 2. The highest BCUT2D eigenvalue weighted by Gasteiger charge is 2.41. The van der Waals surface area contributed by atoms with Gasteiger partial charge in [-0.1, -0.05) is 66.7 Å². The molecule has 35 heavy (non-hydrogen) atoms. The Hall–Kier alpha value is -4.06. The van der Waals surface area contributed by atoms with Gasteiger partial charge in [0.05, 0.1) is 0 Å². The number of para-hydroxylation sites is 1. The minimum Gasteiger partial charge on any atom is -0.362 e. The van der Waals surface area contributed by atoms with Gasteiger partial charge in [0.1, 0.15) is 17.3 Å². The van der Waals surface area contributed by atoms with Gasteiger partial charge < -0.3 is 10.6 Å². The number of hydrogen-bond donors (Lipinski definition) is 2. The molecule has 1 amide bonds. The highest BCUT2D eigenvalue weighted by atomic mass is 19.1. The van der Waals surface area contributed by atoms with E-state index in [1.165, 1.54) is 6.07 Å². The average molecular weight is 471 g/mol. The predicted molar refractivity (Wildman–Crippen MR) is 130 cm³/mol. The number of benzene rings is 3. The van der Waals surface area contributed by atoms with Crippen molar-refractivity contribution in [3.05, 3.63) is 124 Å². The minimum absolute atomic E-state index is 0.0297. The number of halogens is 2. The van der Waals surface area contributed by atoms with Crippen LogP contribution in [0.5, 0.6) is 0 Å². The first-order valence-corrected chi connectivity index (χ1v) is 11.5. The number of Topliss-reactive ketones (excluding diaryl/α,β-unsaturated/α-hetero) is 1. The molecule has 176 valence electrons. The SMILES string of the molecule is CC1=C(C(=O)Nc2c(F)cccc2F)[C@@H](c2ccccc2)C2=C(C[C@@H](c3ccccc3)CC2=O)N1. The lowest BCUT2D eigenvalue weighted by molar-refractivity contribution is -0.116. The summed E-state index contributed by atoms with van der Waals surface area (Å²) in [7, 11) is 0. The van der Waals surface area contributed by atoms with Crippen LogP contribution in [0.4, 0.5) is 14.5 Å². The Morgan fingerprint density at radius 1 is 0.857 bits per heavy atom. The van der Waals surface area contributed by atoms with Gasteiger partial charge in [0, 0.05) is 34.9 Å². The van der Waals surface area contributed by atoms with Crippen LogP contribution in [0, 0.1) is 11.6 Å². The molecule has 0 bridgehead atoms. The summed E-state index contributed by atoms with van der Waals surface area (Å²) < 4.78 is 28.6. The topological polar surface area (TPSA) is 58.2 Å². The second-order valence-corrected chi connectivity index (χ2v) is 8.89. The van der Waals surface area contributed by atoms with Gasteiger partial charge in [-0.05, 0) is 42.5 Å².